The molecule has 0 amide bonds. The summed E-state index contributed by atoms with van der Waals surface area (Å²) in [6, 6.07) is 0. The zero-order chi connectivity index (χ0) is 14.8. The van der Waals surface area contributed by atoms with E-state index in [2.05, 4.69) is 21.6 Å². The van der Waals surface area contributed by atoms with Crippen LogP contribution in [0.2, 0.25) is 0 Å². The van der Waals surface area contributed by atoms with E-state index >= 15 is 0 Å². The molecule has 3 aromatic rings. The van der Waals surface area contributed by atoms with Gasteiger partial charge in [-0.25, -0.2) is 4.98 Å². The van der Waals surface area contributed by atoms with Crippen molar-refractivity contribution in [1.29, 1.82) is 0 Å². The van der Waals surface area contributed by atoms with E-state index in [4.69, 9.17) is 16.6 Å². The van der Waals surface area contributed by atoms with Crippen LogP contribution in [-0.2, 0) is 26.4 Å². The molecule has 3 rings (SSSR count). The highest BCUT2D eigenvalue weighted by molar-refractivity contribution is 7.09. The zero-order valence-corrected chi connectivity index (χ0v) is 13.8. The molecule has 3 aromatic heterocycles. The van der Waals surface area contributed by atoms with Crippen molar-refractivity contribution in [1.82, 2.24) is 24.3 Å². The monoisotopic (exact) mass is 323 g/mol. The number of imidazole rings is 1. The number of aromatic nitrogens is 5. The lowest BCUT2D eigenvalue weighted by molar-refractivity contribution is 0.687. The molecule has 112 valence electrons. The van der Waals surface area contributed by atoms with Crippen LogP contribution in [0.15, 0.2) is 11.7 Å². The van der Waals surface area contributed by atoms with Gasteiger partial charge < -0.3 is 4.57 Å². The van der Waals surface area contributed by atoms with E-state index < -0.39 is 0 Å². The fraction of sp³-hybridized carbons (Fsp3) is 0.500. The second kappa shape index (κ2) is 6.15. The molecule has 0 radical (unpaired) electrons. The first kappa shape index (κ1) is 14.5. The normalized spacial score (nSPS) is 11.6. The zero-order valence-electron chi connectivity index (χ0n) is 12.2. The molecule has 7 heteroatoms. The van der Waals surface area contributed by atoms with Crippen molar-refractivity contribution in [2.75, 3.05) is 5.88 Å². The standard InChI is InChI=1S/C14H18ClN5S/c1-3-4-11-13-14(19(2)18-11)20(12(17-13)5-6-15)8-10-7-16-9-21-10/h7,9H,3-6,8H2,1-2H3. The summed E-state index contributed by atoms with van der Waals surface area (Å²) in [6.07, 6.45) is 4.69. The number of aryl methyl sites for hydroxylation is 3. The number of alkyl halides is 1. The molecule has 0 saturated heterocycles. The third kappa shape index (κ3) is 2.70. The van der Waals surface area contributed by atoms with Gasteiger partial charge in [0.15, 0.2) is 5.65 Å². The van der Waals surface area contributed by atoms with Crippen molar-refractivity contribution in [2.45, 2.75) is 32.7 Å². The molecule has 0 bridgehead atoms. The van der Waals surface area contributed by atoms with Crippen molar-refractivity contribution in [3.8, 4) is 0 Å². The van der Waals surface area contributed by atoms with Crippen LogP contribution in [0.5, 0.6) is 0 Å². The van der Waals surface area contributed by atoms with Crippen molar-refractivity contribution >= 4 is 34.1 Å². The van der Waals surface area contributed by atoms with Gasteiger partial charge in [-0.15, -0.1) is 22.9 Å². The summed E-state index contributed by atoms with van der Waals surface area (Å²) < 4.78 is 4.16. The topological polar surface area (TPSA) is 48.5 Å². The smallest absolute Gasteiger partial charge is 0.159 e. The summed E-state index contributed by atoms with van der Waals surface area (Å²) in [5, 5.41) is 4.62. The summed E-state index contributed by atoms with van der Waals surface area (Å²) in [7, 11) is 1.98. The van der Waals surface area contributed by atoms with Gasteiger partial charge in [0, 0.05) is 30.4 Å². The number of rotatable bonds is 6. The fourth-order valence-corrected chi connectivity index (χ4v) is 3.36. The number of nitrogens with zero attached hydrogens (tertiary/aromatic N) is 5. The van der Waals surface area contributed by atoms with E-state index in [-0.39, 0.29) is 0 Å². The molecular weight excluding hydrogens is 306 g/mol. The maximum Gasteiger partial charge on any atom is 0.159 e. The quantitative estimate of drug-likeness (QED) is 0.655. The summed E-state index contributed by atoms with van der Waals surface area (Å²) in [6.45, 7) is 2.94. The van der Waals surface area contributed by atoms with Gasteiger partial charge in [0.2, 0.25) is 0 Å². The van der Waals surface area contributed by atoms with Crippen molar-refractivity contribution in [3.05, 3.63) is 28.1 Å². The van der Waals surface area contributed by atoms with Crippen LogP contribution in [0.1, 0.15) is 29.7 Å². The van der Waals surface area contributed by atoms with Gasteiger partial charge in [-0.3, -0.25) is 9.67 Å². The number of hydrogen-bond donors (Lipinski definition) is 0. The number of halogens is 1. The van der Waals surface area contributed by atoms with Crippen LogP contribution < -0.4 is 0 Å². The molecular formula is C14H18ClN5S. The van der Waals surface area contributed by atoms with Crippen LogP contribution in [-0.4, -0.2) is 30.2 Å². The number of thiazole rings is 1. The summed E-state index contributed by atoms with van der Waals surface area (Å²) in [5.74, 6) is 1.60. The van der Waals surface area contributed by atoms with Gasteiger partial charge in [0.05, 0.1) is 17.7 Å². The van der Waals surface area contributed by atoms with Crippen LogP contribution >= 0.6 is 22.9 Å². The second-order valence-electron chi connectivity index (χ2n) is 5.01. The third-order valence-corrected chi connectivity index (χ3v) is 4.43. The summed E-state index contributed by atoms with van der Waals surface area (Å²) in [5.41, 5.74) is 5.03. The first-order valence-corrected chi connectivity index (χ1v) is 8.50. The molecule has 0 atom stereocenters. The molecule has 0 fully saturated rings. The minimum Gasteiger partial charge on any atom is -0.307 e. The number of fused-ring (bicyclic) bond motifs is 1. The molecule has 5 nitrogen and oxygen atoms in total. The van der Waals surface area contributed by atoms with Gasteiger partial charge in [-0.1, -0.05) is 13.3 Å². The van der Waals surface area contributed by atoms with Crippen molar-refractivity contribution in [3.63, 3.8) is 0 Å². The molecule has 0 aliphatic heterocycles. The Morgan fingerprint density at radius 2 is 2.19 bits per heavy atom. The average Bonchev–Trinajstić information content (AvgIpc) is 3.13. The Hall–Kier alpha value is -1.40. The highest BCUT2D eigenvalue weighted by Crippen LogP contribution is 2.23. The lowest BCUT2D eigenvalue weighted by atomic mass is 10.2. The highest BCUT2D eigenvalue weighted by atomic mass is 35.5. The third-order valence-electron chi connectivity index (χ3n) is 3.47. The molecule has 0 unspecified atom stereocenters. The van der Waals surface area contributed by atoms with E-state index in [0.717, 1.165) is 48.5 Å². The van der Waals surface area contributed by atoms with Gasteiger partial charge in [0.1, 0.15) is 11.3 Å². The number of hydrogen-bond acceptors (Lipinski definition) is 4. The molecule has 0 N–H and O–H groups in total. The molecule has 3 heterocycles. The van der Waals surface area contributed by atoms with E-state index in [1.807, 2.05) is 23.4 Å². The van der Waals surface area contributed by atoms with E-state index in [9.17, 15) is 0 Å². The predicted molar refractivity (Wildman–Crippen MR) is 86.1 cm³/mol. The van der Waals surface area contributed by atoms with E-state index in [0.29, 0.717) is 5.88 Å². The van der Waals surface area contributed by atoms with E-state index in [1.54, 1.807) is 11.3 Å². The van der Waals surface area contributed by atoms with Crippen molar-refractivity contribution < 1.29 is 0 Å². The Balaban J connectivity index is 2.12. The Labute approximate surface area is 132 Å². The molecule has 21 heavy (non-hydrogen) atoms. The minimum atomic E-state index is 0.572. The second-order valence-corrected chi connectivity index (χ2v) is 6.36. The average molecular weight is 324 g/mol. The SMILES string of the molecule is CCCc1nn(C)c2c1nc(CCCl)n2Cc1cncs1. The Morgan fingerprint density at radius 1 is 1.33 bits per heavy atom. The largest absolute Gasteiger partial charge is 0.307 e. The Kier molecular flexibility index (Phi) is 4.26. The van der Waals surface area contributed by atoms with Crippen LogP contribution in [0.25, 0.3) is 11.2 Å². The summed E-state index contributed by atoms with van der Waals surface area (Å²) in [4.78, 5) is 10.2. The van der Waals surface area contributed by atoms with Crippen LogP contribution in [0.4, 0.5) is 0 Å². The van der Waals surface area contributed by atoms with E-state index in [1.165, 1.54) is 4.88 Å². The molecule has 0 saturated carbocycles. The van der Waals surface area contributed by atoms with Gasteiger partial charge in [-0.05, 0) is 6.42 Å². The van der Waals surface area contributed by atoms with Gasteiger partial charge in [-0.2, -0.15) is 5.10 Å². The predicted octanol–water partition coefficient (Wildman–Crippen LogP) is 3.01. The van der Waals surface area contributed by atoms with Crippen molar-refractivity contribution in [2.24, 2.45) is 7.05 Å². The Bertz CT molecular complexity index is 728. The van der Waals surface area contributed by atoms with Crippen LogP contribution in [0, 0.1) is 0 Å². The Morgan fingerprint density at radius 3 is 2.86 bits per heavy atom. The maximum atomic E-state index is 5.94. The highest BCUT2D eigenvalue weighted by Gasteiger charge is 2.19. The first-order chi connectivity index (χ1) is 10.2. The molecule has 0 spiro atoms. The molecule has 0 aromatic carbocycles. The minimum absolute atomic E-state index is 0.572. The molecule has 0 aliphatic rings. The maximum absolute atomic E-state index is 5.94. The molecule has 0 aliphatic carbocycles. The van der Waals surface area contributed by atoms with Gasteiger partial charge in [0.25, 0.3) is 0 Å². The first-order valence-electron chi connectivity index (χ1n) is 7.09. The summed E-state index contributed by atoms with van der Waals surface area (Å²) >= 11 is 7.60. The lowest BCUT2D eigenvalue weighted by Gasteiger charge is -2.07. The van der Waals surface area contributed by atoms with Crippen LogP contribution in [0.3, 0.4) is 0 Å². The van der Waals surface area contributed by atoms with Gasteiger partial charge >= 0.3 is 0 Å². The fourth-order valence-electron chi connectivity index (χ4n) is 2.61. The lowest BCUT2D eigenvalue weighted by Crippen LogP contribution is -2.08.